The lowest BCUT2D eigenvalue weighted by atomic mass is 9.87. The van der Waals surface area contributed by atoms with Crippen LogP contribution in [0.25, 0.3) is 0 Å². The topological polar surface area (TPSA) is 29.3 Å². The lowest BCUT2D eigenvalue weighted by molar-refractivity contribution is 0.230. The molecular weight excluding hydrogens is 136 g/mol. The minimum Gasteiger partial charge on any atom is -0.326 e. The van der Waals surface area contributed by atoms with Gasteiger partial charge in [0, 0.05) is 12.1 Å². The maximum absolute atomic E-state index is 6.12. The highest BCUT2D eigenvalue weighted by molar-refractivity contribution is 4.97. The van der Waals surface area contributed by atoms with Gasteiger partial charge in [-0.3, -0.25) is 0 Å². The van der Waals surface area contributed by atoms with E-state index in [1.165, 1.54) is 12.8 Å². The summed E-state index contributed by atoms with van der Waals surface area (Å²) in [6.07, 6.45) is 2.51. The number of hydrogen-bond acceptors (Lipinski definition) is 2. The fourth-order valence-electron chi connectivity index (χ4n) is 1.97. The van der Waals surface area contributed by atoms with Crippen LogP contribution >= 0.6 is 0 Å². The third-order valence-corrected chi connectivity index (χ3v) is 3.06. The van der Waals surface area contributed by atoms with Crippen molar-refractivity contribution < 1.29 is 0 Å². The molecule has 1 rings (SSSR count). The van der Waals surface area contributed by atoms with E-state index in [1.807, 2.05) is 0 Å². The summed E-state index contributed by atoms with van der Waals surface area (Å²) in [4.78, 5) is 2.25. The van der Waals surface area contributed by atoms with E-state index < -0.39 is 0 Å². The van der Waals surface area contributed by atoms with E-state index in [0.717, 1.165) is 0 Å². The van der Waals surface area contributed by atoms with Gasteiger partial charge in [0.05, 0.1) is 0 Å². The normalized spacial score (nSPS) is 36.5. The lowest BCUT2D eigenvalue weighted by Gasteiger charge is -2.30. The average Bonchev–Trinajstić information content (AvgIpc) is 2.09. The molecule has 0 saturated heterocycles. The molecule has 0 heterocycles. The molecule has 2 unspecified atom stereocenters. The van der Waals surface area contributed by atoms with Crippen LogP contribution in [0, 0.1) is 5.41 Å². The van der Waals surface area contributed by atoms with Crippen LogP contribution in [0.4, 0.5) is 0 Å². The molecule has 0 radical (unpaired) electrons. The molecule has 0 aromatic carbocycles. The summed E-state index contributed by atoms with van der Waals surface area (Å²) in [5, 5.41) is 0. The van der Waals surface area contributed by atoms with Gasteiger partial charge in [0.1, 0.15) is 0 Å². The van der Waals surface area contributed by atoms with Gasteiger partial charge in [0.2, 0.25) is 0 Å². The van der Waals surface area contributed by atoms with Crippen LogP contribution in [0.5, 0.6) is 0 Å². The molecular formula is C9H20N2. The fourth-order valence-corrected chi connectivity index (χ4v) is 1.97. The molecule has 0 aliphatic heterocycles. The largest absolute Gasteiger partial charge is 0.326 e. The van der Waals surface area contributed by atoms with Crippen molar-refractivity contribution in [3.8, 4) is 0 Å². The minimum absolute atomic E-state index is 0.342. The number of rotatable bonds is 1. The van der Waals surface area contributed by atoms with Gasteiger partial charge in [-0.15, -0.1) is 0 Å². The van der Waals surface area contributed by atoms with Crippen LogP contribution in [0.2, 0.25) is 0 Å². The Kier molecular flexibility index (Phi) is 2.26. The molecule has 0 amide bonds. The van der Waals surface area contributed by atoms with E-state index in [1.54, 1.807) is 0 Å². The van der Waals surface area contributed by atoms with Gasteiger partial charge in [-0.05, 0) is 32.4 Å². The van der Waals surface area contributed by atoms with Crippen LogP contribution < -0.4 is 5.73 Å². The van der Waals surface area contributed by atoms with Crippen molar-refractivity contribution in [3.63, 3.8) is 0 Å². The second kappa shape index (κ2) is 2.76. The van der Waals surface area contributed by atoms with Crippen molar-refractivity contribution in [2.45, 2.75) is 38.8 Å². The van der Waals surface area contributed by atoms with Gasteiger partial charge in [0.15, 0.2) is 0 Å². The first kappa shape index (κ1) is 9.01. The van der Waals surface area contributed by atoms with Crippen molar-refractivity contribution in [1.29, 1.82) is 0 Å². The monoisotopic (exact) mass is 156 g/mol. The minimum atomic E-state index is 0.342. The second-order valence-corrected chi connectivity index (χ2v) is 4.58. The Morgan fingerprint density at radius 2 is 1.91 bits per heavy atom. The van der Waals surface area contributed by atoms with E-state index in [-0.39, 0.29) is 0 Å². The molecule has 66 valence electrons. The third-order valence-electron chi connectivity index (χ3n) is 3.06. The van der Waals surface area contributed by atoms with E-state index in [9.17, 15) is 0 Å². The zero-order valence-corrected chi connectivity index (χ0v) is 8.09. The van der Waals surface area contributed by atoms with Crippen molar-refractivity contribution >= 4 is 0 Å². The molecule has 1 aliphatic rings. The summed E-state index contributed by atoms with van der Waals surface area (Å²) in [5.41, 5.74) is 6.46. The van der Waals surface area contributed by atoms with E-state index in [0.29, 0.717) is 17.5 Å². The van der Waals surface area contributed by atoms with Crippen molar-refractivity contribution in [1.82, 2.24) is 4.90 Å². The number of nitrogens with two attached hydrogens (primary N) is 1. The van der Waals surface area contributed by atoms with Gasteiger partial charge in [-0.1, -0.05) is 13.8 Å². The summed E-state index contributed by atoms with van der Waals surface area (Å²) in [7, 11) is 4.23. The first-order valence-corrected chi connectivity index (χ1v) is 4.37. The highest BCUT2D eigenvalue weighted by Crippen LogP contribution is 2.37. The fraction of sp³-hybridized carbons (Fsp3) is 1.00. The molecule has 2 heteroatoms. The Labute approximate surface area is 69.8 Å². The zero-order valence-electron chi connectivity index (χ0n) is 8.09. The zero-order chi connectivity index (χ0) is 8.65. The van der Waals surface area contributed by atoms with Gasteiger partial charge in [-0.25, -0.2) is 0 Å². The van der Waals surface area contributed by atoms with E-state index in [4.69, 9.17) is 5.73 Å². The molecule has 11 heavy (non-hydrogen) atoms. The van der Waals surface area contributed by atoms with Crippen LogP contribution in [-0.2, 0) is 0 Å². The molecule has 2 N–H and O–H groups in total. The molecule has 1 saturated carbocycles. The van der Waals surface area contributed by atoms with Gasteiger partial charge < -0.3 is 10.6 Å². The SMILES string of the molecule is CN(C)C1CCC(C)(C)C1N. The van der Waals surface area contributed by atoms with Gasteiger partial charge >= 0.3 is 0 Å². The molecule has 0 bridgehead atoms. The van der Waals surface area contributed by atoms with Crippen LogP contribution in [0.3, 0.4) is 0 Å². The predicted octanol–water partition coefficient (Wildman–Crippen LogP) is 1.06. The molecule has 1 aliphatic carbocycles. The Hall–Kier alpha value is -0.0800. The molecule has 2 atom stereocenters. The summed E-state index contributed by atoms with van der Waals surface area (Å²) in [6, 6.07) is 0.933. The van der Waals surface area contributed by atoms with Crippen LogP contribution in [0.1, 0.15) is 26.7 Å². The maximum Gasteiger partial charge on any atom is 0.0248 e. The smallest absolute Gasteiger partial charge is 0.0248 e. The second-order valence-electron chi connectivity index (χ2n) is 4.58. The number of nitrogens with zero attached hydrogens (tertiary/aromatic N) is 1. The number of hydrogen-bond donors (Lipinski definition) is 1. The Bertz CT molecular complexity index is 140. The van der Waals surface area contributed by atoms with Gasteiger partial charge in [-0.2, -0.15) is 0 Å². The Morgan fingerprint density at radius 1 is 1.36 bits per heavy atom. The summed E-state index contributed by atoms with van der Waals surface area (Å²) in [6.45, 7) is 4.53. The standard InChI is InChI=1S/C9H20N2/c1-9(2)6-5-7(8(9)10)11(3)4/h7-8H,5-6,10H2,1-4H3. The summed E-state index contributed by atoms with van der Waals surface area (Å²) < 4.78 is 0. The Balaban J connectivity index is 2.63. The van der Waals surface area contributed by atoms with Crippen LogP contribution in [0.15, 0.2) is 0 Å². The third kappa shape index (κ3) is 1.57. The Morgan fingerprint density at radius 3 is 2.09 bits per heavy atom. The molecule has 0 spiro atoms. The predicted molar refractivity (Wildman–Crippen MR) is 48.5 cm³/mol. The summed E-state index contributed by atoms with van der Waals surface area (Å²) >= 11 is 0. The number of likely N-dealkylation sites (N-methyl/N-ethyl adjacent to an activating group) is 1. The van der Waals surface area contributed by atoms with E-state index >= 15 is 0 Å². The lowest BCUT2D eigenvalue weighted by Crippen LogP contribution is -2.46. The van der Waals surface area contributed by atoms with Crippen molar-refractivity contribution in [2.24, 2.45) is 11.1 Å². The highest BCUT2D eigenvalue weighted by Gasteiger charge is 2.40. The first-order valence-electron chi connectivity index (χ1n) is 4.37. The average molecular weight is 156 g/mol. The highest BCUT2D eigenvalue weighted by atomic mass is 15.1. The maximum atomic E-state index is 6.12. The van der Waals surface area contributed by atoms with E-state index in [2.05, 4.69) is 32.8 Å². The van der Waals surface area contributed by atoms with Crippen LogP contribution in [-0.4, -0.2) is 31.1 Å². The molecule has 2 nitrogen and oxygen atoms in total. The van der Waals surface area contributed by atoms with Crippen molar-refractivity contribution in [2.75, 3.05) is 14.1 Å². The molecule has 1 fully saturated rings. The molecule has 0 aromatic rings. The van der Waals surface area contributed by atoms with Gasteiger partial charge in [0.25, 0.3) is 0 Å². The quantitative estimate of drug-likeness (QED) is 0.615. The first-order chi connectivity index (χ1) is 4.95. The molecule has 0 aromatic heterocycles. The summed E-state index contributed by atoms with van der Waals surface area (Å²) in [5.74, 6) is 0. The van der Waals surface area contributed by atoms with Crippen molar-refractivity contribution in [3.05, 3.63) is 0 Å².